The minimum Gasteiger partial charge on any atom is -0.616 e. The predicted molar refractivity (Wildman–Crippen MR) is 37.7 cm³/mol. The molecule has 0 heterocycles. The van der Waals surface area contributed by atoms with Crippen LogP contribution in [0.4, 0.5) is 4.39 Å². The number of primary amides is 1. The van der Waals surface area contributed by atoms with Gasteiger partial charge in [-0.25, -0.2) is 0 Å². The third-order valence-electron chi connectivity index (χ3n) is 0.809. The Morgan fingerprint density at radius 3 is 2.70 bits per heavy atom. The molecule has 2 N–H and O–H groups in total. The van der Waals surface area contributed by atoms with Gasteiger partial charge in [0.2, 0.25) is 0 Å². The van der Waals surface area contributed by atoms with E-state index in [-0.39, 0.29) is 17.9 Å². The van der Waals surface area contributed by atoms with Gasteiger partial charge >= 0.3 is 0 Å². The molecular formula is C5H10FNO2S. The van der Waals surface area contributed by atoms with Gasteiger partial charge in [-0.05, 0) is 11.2 Å². The number of carbonyl (C=O) groups is 1. The number of nitrogens with two attached hydrogens (primary N) is 1. The van der Waals surface area contributed by atoms with E-state index in [1.165, 1.54) is 0 Å². The number of hydrogen-bond acceptors (Lipinski definition) is 2. The molecule has 60 valence electrons. The van der Waals surface area contributed by atoms with E-state index < -0.39 is 23.8 Å². The molecule has 0 aromatic carbocycles. The topological polar surface area (TPSA) is 66.2 Å². The van der Waals surface area contributed by atoms with Crippen molar-refractivity contribution in [2.45, 2.75) is 6.42 Å². The van der Waals surface area contributed by atoms with E-state index in [2.05, 4.69) is 0 Å². The van der Waals surface area contributed by atoms with E-state index in [1.54, 1.807) is 0 Å². The molecule has 0 saturated heterocycles. The van der Waals surface area contributed by atoms with Gasteiger partial charge in [-0.1, -0.05) is 0 Å². The fraction of sp³-hybridized carbons (Fsp3) is 0.800. The zero-order valence-electron chi connectivity index (χ0n) is 5.51. The first-order valence-electron chi connectivity index (χ1n) is 2.86. The lowest BCUT2D eigenvalue weighted by Gasteiger charge is -2.06. The standard InChI is InChI=1S/C5H10FNO2S/c6-2-1-3-10(9)4-5(7)8/h1-4H2,(H2,7,8). The molecule has 0 aromatic rings. The zero-order valence-corrected chi connectivity index (χ0v) is 6.32. The molecule has 0 aromatic heterocycles. The summed E-state index contributed by atoms with van der Waals surface area (Å²) in [5.74, 6) is -0.531. The van der Waals surface area contributed by atoms with Crippen LogP contribution in [-0.2, 0) is 16.0 Å². The van der Waals surface area contributed by atoms with Gasteiger partial charge in [0.15, 0.2) is 5.75 Å². The molecule has 0 radical (unpaired) electrons. The van der Waals surface area contributed by atoms with Crippen LogP contribution in [0, 0.1) is 0 Å². The summed E-state index contributed by atoms with van der Waals surface area (Å²) in [6.45, 7) is -0.496. The van der Waals surface area contributed by atoms with E-state index in [4.69, 9.17) is 5.73 Å². The molecule has 0 spiro atoms. The van der Waals surface area contributed by atoms with Crippen LogP contribution >= 0.6 is 0 Å². The Morgan fingerprint density at radius 1 is 1.70 bits per heavy atom. The molecule has 10 heavy (non-hydrogen) atoms. The first-order valence-corrected chi connectivity index (χ1v) is 4.35. The summed E-state index contributed by atoms with van der Waals surface area (Å²) in [5, 5.41) is 0. The average molecular weight is 167 g/mol. The van der Waals surface area contributed by atoms with Gasteiger partial charge in [0.1, 0.15) is 5.75 Å². The first-order chi connectivity index (χ1) is 4.66. The fourth-order valence-electron chi connectivity index (χ4n) is 0.446. The Morgan fingerprint density at radius 2 is 2.30 bits per heavy atom. The van der Waals surface area contributed by atoms with Gasteiger partial charge < -0.3 is 10.3 Å². The molecule has 3 nitrogen and oxygen atoms in total. The van der Waals surface area contributed by atoms with E-state index in [9.17, 15) is 13.7 Å². The lowest BCUT2D eigenvalue weighted by Crippen LogP contribution is -2.25. The summed E-state index contributed by atoms with van der Waals surface area (Å²) in [5.41, 5.74) is 4.74. The molecule has 0 aliphatic heterocycles. The number of rotatable bonds is 5. The average Bonchev–Trinajstić information content (AvgIpc) is 1.82. The summed E-state index contributed by atoms with van der Waals surface area (Å²) in [6, 6.07) is 0. The Labute approximate surface area is 62.0 Å². The van der Waals surface area contributed by atoms with Crippen LogP contribution in [0.3, 0.4) is 0 Å². The minimum atomic E-state index is -1.26. The summed E-state index contributed by atoms with van der Waals surface area (Å²) in [7, 11) is 0. The lowest BCUT2D eigenvalue weighted by atomic mass is 10.6. The van der Waals surface area contributed by atoms with Crippen LogP contribution in [0.5, 0.6) is 0 Å². The molecule has 0 rings (SSSR count). The van der Waals surface area contributed by atoms with Crippen LogP contribution in [0.15, 0.2) is 0 Å². The van der Waals surface area contributed by atoms with Crippen molar-refractivity contribution >= 4 is 17.1 Å². The van der Waals surface area contributed by atoms with E-state index in [0.717, 1.165) is 0 Å². The number of hydrogen-bond donors (Lipinski definition) is 1. The van der Waals surface area contributed by atoms with Gasteiger partial charge in [-0.2, -0.15) is 0 Å². The molecule has 0 fully saturated rings. The molecule has 0 saturated carbocycles. The number of amides is 1. The molecule has 0 bridgehead atoms. The highest BCUT2D eigenvalue weighted by molar-refractivity contribution is 7.92. The third-order valence-corrected chi connectivity index (χ3v) is 2.16. The van der Waals surface area contributed by atoms with Crippen molar-refractivity contribution in [3.05, 3.63) is 0 Å². The summed E-state index contributed by atoms with van der Waals surface area (Å²) < 4.78 is 22.1. The highest BCUT2D eigenvalue weighted by Gasteiger charge is 2.08. The van der Waals surface area contributed by atoms with E-state index in [1.807, 2.05) is 0 Å². The smallest absolute Gasteiger partial charge is 0.267 e. The Bertz CT molecular complexity index is 112. The highest BCUT2D eigenvalue weighted by atomic mass is 32.2. The molecule has 1 amide bonds. The van der Waals surface area contributed by atoms with Gasteiger partial charge in [0.25, 0.3) is 5.91 Å². The van der Waals surface area contributed by atoms with Crippen molar-refractivity contribution in [2.75, 3.05) is 18.2 Å². The molecule has 5 heteroatoms. The fourth-order valence-corrected chi connectivity index (χ4v) is 1.34. The molecule has 1 unspecified atom stereocenters. The third kappa shape index (κ3) is 5.84. The van der Waals surface area contributed by atoms with Crippen LogP contribution in [-0.4, -0.2) is 28.6 Å². The maximum absolute atomic E-state index is 11.4. The van der Waals surface area contributed by atoms with Crippen molar-refractivity contribution in [1.82, 2.24) is 0 Å². The summed E-state index contributed by atoms with van der Waals surface area (Å²) in [4.78, 5) is 10.1. The second-order valence-electron chi connectivity index (χ2n) is 1.80. The molecule has 0 aliphatic carbocycles. The second-order valence-corrected chi connectivity index (χ2v) is 3.37. The normalized spacial score (nSPS) is 13.0. The van der Waals surface area contributed by atoms with Crippen LogP contribution in [0.2, 0.25) is 0 Å². The van der Waals surface area contributed by atoms with Crippen molar-refractivity contribution < 1.29 is 13.7 Å². The summed E-state index contributed by atoms with van der Waals surface area (Å²) in [6.07, 6.45) is 0.236. The van der Waals surface area contributed by atoms with Gasteiger partial charge in [-0.3, -0.25) is 9.18 Å². The maximum atomic E-state index is 11.4. The Kier molecular flexibility index (Phi) is 5.33. The van der Waals surface area contributed by atoms with Gasteiger partial charge in [-0.15, -0.1) is 0 Å². The number of alkyl halides is 1. The molecule has 0 aliphatic rings. The van der Waals surface area contributed by atoms with Crippen molar-refractivity contribution in [3.63, 3.8) is 0 Å². The van der Waals surface area contributed by atoms with Crippen molar-refractivity contribution in [3.8, 4) is 0 Å². The molecule has 1 atom stereocenters. The second kappa shape index (κ2) is 5.49. The first kappa shape index (κ1) is 9.71. The summed E-state index contributed by atoms with van der Waals surface area (Å²) >= 11 is -1.26. The van der Waals surface area contributed by atoms with Crippen LogP contribution < -0.4 is 5.73 Å². The zero-order chi connectivity index (χ0) is 7.98. The van der Waals surface area contributed by atoms with E-state index >= 15 is 0 Å². The quantitative estimate of drug-likeness (QED) is 0.565. The SMILES string of the molecule is NC(=O)C[S+]([O-])CCCF. The lowest BCUT2D eigenvalue weighted by molar-refractivity contribution is -0.115. The van der Waals surface area contributed by atoms with Crippen molar-refractivity contribution in [1.29, 1.82) is 0 Å². The number of carbonyl (C=O) groups excluding carboxylic acids is 1. The van der Waals surface area contributed by atoms with Gasteiger partial charge in [0.05, 0.1) is 6.67 Å². The number of halogens is 1. The highest BCUT2D eigenvalue weighted by Crippen LogP contribution is 1.93. The predicted octanol–water partition coefficient (Wildman–Crippen LogP) is -0.420. The Balaban J connectivity index is 3.25. The van der Waals surface area contributed by atoms with Crippen LogP contribution in [0.25, 0.3) is 0 Å². The Hall–Kier alpha value is -0.290. The van der Waals surface area contributed by atoms with E-state index in [0.29, 0.717) is 0 Å². The van der Waals surface area contributed by atoms with Crippen LogP contribution in [0.1, 0.15) is 6.42 Å². The van der Waals surface area contributed by atoms with Crippen molar-refractivity contribution in [2.24, 2.45) is 5.73 Å². The van der Waals surface area contributed by atoms with Gasteiger partial charge in [0, 0.05) is 6.42 Å². The minimum absolute atomic E-state index is 0.153. The largest absolute Gasteiger partial charge is 0.616 e. The maximum Gasteiger partial charge on any atom is 0.267 e. The monoisotopic (exact) mass is 167 g/mol. The molecular weight excluding hydrogens is 157 g/mol.